The van der Waals surface area contributed by atoms with Gasteiger partial charge in [0.1, 0.15) is 5.78 Å². The number of amides is 1. The highest BCUT2D eigenvalue weighted by atomic mass is 16.2. The Hall–Kier alpha value is -0.860. The van der Waals surface area contributed by atoms with E-state index < -0.39 is 0 Å². The molecule has 0 aliphatic heterocycles. The molecular weight excluding hydrogens is 130 g/mol. The number of carbonyl (C=O) groups is 2. The number of nitrogens with one attached hydrogen (secondary N) is 1. The standard InChI is InChI=1S/C5H9NO2.C2H6/c1-4(7)3-6-5(2)8;1-2/h3H2,1-2H3,(H,6,8);1-2H3. The Labute approximate surface area is 61.8 Å². The van der Waals surface area contributed by atoms with E-state index in [0.29, 0.717) is 0 Å². The number of hydrogen-bond donors (Lipinski definition) is 1. The van der Waals surface area contributed by atoms with Crippen molar-refractivity contribution in [3.05, 3.63) is 0 Å². The molecule has 0 fully saturated rings. The summed E-state index contributed by atoms with van der Waals surface area (Å²) in [5.41, 5.74) is 0. The number of carbonyl (C=O) groups excluding carboxylic acids is 2. The Morgan fingerprint density at radius 2 is 1.60 bits per heavy atom. The van der Waals surface area contributed by atoms with Crippen LogP contribution in [0.25, 0.3) is 0 Å². The summed E-state index contributed by atoms with van der Waals surface area (Å²) in [4.78, 5) is 20.2. The predicted octanol–water partition coefficient (Wildman–Crippen LogP) is 0.738. The summed E-state index contributed by atoms with van der Waals surface area (Å²) in [6.07, 6.45) is 0. The van der Waals surface area contributed by atoms with Crippen LogP contribution in [0.5, 0.6) is 0 Å². The Morgan fingerprint density at radius 1 is 1.20 bits per heavy atom. The fourth-order valence-corrected chi connectivity index (χ4v) is 0.249. The van der Waals surface area contributed by atoms with Crippen LogP contribution in [0.15, 0.2) is 0 Å². The van der Waals surface area contributed by atoms with Gasteiger partial charge in [-0.15, -0.1) is 0 Å². The molecule has 0 heterocycles. The normalized spacial score (nSPS) is 7.20. The minimum atomic E-state index is -0.166. The SMILES string of the molecule is CC.CC(=O)CNC(C)=O. The highest BCUT2D eigenvalue weighted by Crippen LogP contribution is 1.63. The number of Topliss-reactive ketones (excluding diaryl/α,β-unsaturated/α-hetero) is 1. The minimum Gasteiger partial charge on any atom is -0.349 e. The van der Waals surface area contributed by atoms with Crippen molar-refractivity contribution in [2.75, 3.05) is 6.54 Å². The lowest BCUT2D eigenvalue weighted by molar-refractivity contribution is -0.123. The van der Waals surface area contributed by atoms with Gasteiger partial charge in [-0.05, 0) is 6.92 Å². The third-order valence-corrected chi connectivity index (χ3v) is 0.586. The van der Waals surface area contributed by atoms with Gasteiger partial charge in [-0.2, -0.15) is 0 Å². The van der Waals surface area contributed by atoms with Crippen LogP contribution in [-0.4, -0.2) is 18.2 Å². The average Bonchev–Trinajstić information content (AvgIpc) is 1.89. The van der Waals surface area contributed by atoms with E-state index in [1.807, 2.05) is 13.8 Å². The molecule has 3 heteroatoms. The maximum Gasteiger partial charge on any atom is 0.217 e. The summed E-state index contributed by atoms with van der Waals surface area (Å²) >= 11 is 0. The summed E-state index contributed by atoms with van der Waals surface area (Å²) in [6, 6.07) is 0. The average molecular weight is 145 g/mol. The van der Waals surface area contributed by atoms with Gasteiger partial charge in [0.15, 0.2) is 0 Å². The Kier molecular flexibility index (Phi) is 9.67. The van der Waals surface area contributed by atoms with Crippen LogP contribution in [0.2, 0.25) is 0 Å². The molecule has 10 heavy (non-hydrogen) atoms. The molecule has 0 radical (unpaired) electrons. The Balaban J connectivity index is 0. The van der Waals surface area contributed by atoms with Gasteiger partial charge in [0.25, 0.3) is 0 Å². The van der Waals surface area contributed by atoms with Gasteiger partial charge in [-0.25, -0.2) is 0 Å². The summed E-state index contributed by atoms with van der Waals surface area (Å²) < 4.78 is 0. The zero-order valence-electron chi connectivity index (χ0n) is 7.02. The maximum atomic E-state index is 10.1. The van der Waals surface area contributed by atoms with Gasteiger partial charge in [-0.1, -0.05) is 13.8 Å². The van der Waals surface area contributed by atoms with Crippen LogP contribution in [0.4, 0.5) is 0 Å². The molecule has 0 aliphatic carbocycles. The molecule has 3 nitrogen and oxygen atoms in total. The first-order valence-electron chi connectivity index (χ1n) is 3.37. The van der Waals surface area contributed by atoms with Crippen molar-refractivity contribution < 1.29 is 9.59 Å². The fourth-order valence-electron chi connectivity index (χ4n) is 0.249. The van der Waals surface area contributed by atoms with Crippen LogP contribution >= 0.6 is 0 Å². The molecular formula is C7H15NO2. The third-order valence-electron chi connectivity index (χ3n) is 0.586. The van der Waals surface area contributed by atoms with Crippen molar-refractivity contribution in [3.8, 4) is 0 Å². The molecule has 0 unspecified atom stereocenters. The lowest BCUT2D eigenvalue weighted by atomic mass is 10.4. The lowest BCUT2D eigenvalue weighted by Crippen LogP contribution is -2.25. The van der Waals surface area contributed by atoms with Crippen LogP contribution < -0.4 is 5.32 Å². The van der Waals surface area contributed by atoms with Gasteiger partial charge in [0.2, 0.25) is 5.91 Å². The van der Waals surface area contributed by atoms with Crippen molar-refractivity contribution in [2.24, 2.45) is 0 Å². The molecule has 0 aromatic rings. The molecule has 1 N–H and O–H groups in total. The number of ketones is 1. The maximum absolute atomic E-state index is 10.1. The van der Waals surface area contributed by atoms with Crippen molar-refractivity contribution in [2.45, 2.75) is 27.7 Å². The Bertz CT molecular complexity index is 96.2. The third kappa shape index (κ3) is 15.7. The van der Waals surface area contributed by atoms with Gasteiger partial charge in [-0.3, -0.25) is 9.59 Å². The van der Waals surface area contributed by atoms with Crippen molar-refractivity contribution in [3.63, 3.8) is 0 Å². The zero-order chi connectivity index (χ0) is 8.57. The zero-order valence-corrected chi connectivity index (χ0v) is 7.02. The quantitative estimate of drug-likeness (QED) is 0.623. The molecule has 0 aromatic carbocycles. The second-order valence-electron chi connectivity index (χ2n) is 1.61. The van der Waals surface area contributed by atoms with Crippen LogP contribution in [-0.2, 0) is 9.59 Å². The largest absolute Gasteiger partial charge is 0.349 e. The van der Waals surface area contributed by atoms with E-state index in [9.17, 15) is 9.59 Å². The highest BCUT2D eigenvalue weighted by Gasteiger charge is 1.91. The van der Waals surface area contributed by atoms with Gasteiger partial charge in [0, 0.05) is 6.92 Å². The molecule has 60 valence electrons. The van der Waals surface area contributed by atoms with Crippen LogP contribution in [0, 0.1) is 0 Å². The van der Waals surface area contributed by atoms with Crippen LogP contribution in [0.3, 0.4) is 0 Å². The summed E-state index contributed by atoms with van der Waals surface area (Å²) in [5.74, 6) is -0.194. The van der Waals surface area contributed by atoms with E-state index in [4.69, 9.17) is 0 Å². The molecule has 0 bridgehead atoms. The smallest absolute Gasteiger partial charge is 0.217 e. The van der Waals surface area contributed by atoms with Gasteiger partial charge in [0.05, 0.1) is 6.54 Å². The fraction of sp³-hybridized carbons (Fsp3) is 0.714. The molecule has 0 aliphatic rings. The summed E-state index contributed by atoms with van der Waals surface area (Å²) in [5, 5.41) is 2.36. The summed E-state index contributed by atoms with van der Waals surface area (Å²) in [6.45, 7) is 6.95. The Morgan fingerprint density at radius 3 is 1.70 bits per heavy atom. The topological polar surface area (TPSA) is 46.2 Å². The van der Waals surface area contributed by atoms with E-state index >= 15 is 0 Å². The predicted molar refractivity (Wildman–Crippen MR) is 40.7 cm³/mol. The molecule has 0 atom stereocenters. The van der Waals surface area contributed by atoms with E-state index in [0.717, 1.165) is 0 Å². The van der Waals surface area contributed by atoms with E-state index in [1.165, 1.54) is 13.8 Å². The van der Waals surface area contributed by atoms with E-state index in [-0.39, 0.29) is 18.2 Å². The molecule has 0 spiro atoms. The molecule has 0 rings (SSSR count). The van der Waals surface area contributed by atoms with Crippen molar-refractivity contribution >= 4 is 11.7 Å². The highest BCUT2D eigenvalue weighted by molar-refractivity contribution is 5.83. The van der Waals surface area contributed by atoms with Crippen molar-refractivity contribution in [1.82, 2.24) is 5.32 Å². The molecule has 0 aromatic heterocycles. The van der Waals surface area contributed by atoms with Crippen molar-refractivity contribution in [1.29, 1.82) is 0 Å². The molecule has 1 amide bonds. The lowest BCUT2D eigenvalue weighted by Gasteiger charge is -1.93. The van der Waals surface area contributed by atoms with Crippen LogP contribution in [0.1, 0.15) is 27.7 Å². The van der Waals surface area contributed by atoms with E-state index in [2.05, 4.69) is 5.32 Å². The second-order valence-corrected chi connectivity index (χ2v) is 1.61. The van der Waals surface area contributed by atoms with Gasteiger partial charge < -0.3 is 5.32 Å². The second kappa shape index (κ2) is 8.14. The first-order valence-corrected chi connectivity index (χ1v) is 3.37. The van der Waals surface area contributed by atoms with Gasteiger partial charge >= 0.3 is 0 Å². The first kappa shape index (κ1) is 11.9. The van der Waals surface area contributed by atoms with E-state index in [1.54, 1.807) is 0 Å². The first-order chi connectivity index (χ1) is 4.63. The number of rotatable bonds is 2. The minimum absolute atomic E-state index is 0.0276. The molecule has 0 saturated heterocycles. The summed E-state index contributed by atoms with van der Waals surface area (Å²) in [7, 11) is 0. The monoisotopic (exact) mass is 145 g/mol. The number of hydrogen-bond acceptors (Lipinski definition) is 2. The molecule has 0 saturated carbocycles.